The van der Waals surface area contributed by atoms with E-state index in [0.717, 1.165) is 15.6 Å². The van der Waals surface area contributed by atoms with Crippen LogP contribution in [0.15, 0.2) is 70.2 Å². The van der Waals surface area contributed by atoms with Gasteiger partial charge in [-0.1, -0.05) is 29.8 Å². The molecule has 0 unspecified atom stereocenters. The molecule has 0 aliphatic rings. The zero-order chi connectivity index (χ0) is 22.9. The Balaban J connectivity index is 1.71. The van der Waals surface area contributed by atoms with E-state index < -0.39 is 0 Å². The second kappa shape index (κ2) is 11.5. The number of hydrogen-bond acceptors (Lipinski definition) is 5. The van der Waals surface area contributed by atoms with Gasteiger partial charge in [0.05, 0.1) is 19.9 Å². The Labute approximate surface area is 200 Å². The number of halogens is 2. The Morgan fingerprint density at radius 2 is 1.84 bits per heavy atom. The van der Waals surface area contributed by atoms with Crippen molar-refractivity contribution < 1.29 is 19.0 Å². The third kappa shape index (κ3) is 6.48. The minimum Gasteiger partial charge on any atom is -0.497 e. The highest BCUT2D eigenvalue weighted by molar-refractivity contribution is 9.10. The highest BCUT2D eigenvalue weighted by atomic mass is 79.9. The van der Waals surface area contributed by atoms with Crippen LogP contribution in [0.3, 0.4) is 0 Å². The van der Waals surface area contributed by atoms with Gasteiger partial charge in [0.2, 0.25) is 0 Å². The number of carbonyl (C=O) groups is 1. The number of rotatable bonds is 9. The van der Waals surface area contributed by atoms with Gasteiger partial charge in [-0.2, -0.15) is 5.10 Å². The molecule has 1 amide bonds. The number of nitrogens with zero attached hydrogens (tertiary/aromatic N) is 1. The molecule has 0 aliphatic heterocycles. The number of benzene rings is 3. The molecule has 0 atom stereocenters. The lowest BCUT2D eigenvalue weighted by Gasteiger charge is -2.14. The lowest BCUT2D eigenvalue weighted by atomic mass is 10.2. The van der Waals surface area contributed by atoms with E-state index in [0.29, 0.717) is 41.0 Å². The van der Waals surface area contributed by atoms with E-state index in [1.807, 2.05) is 37.3 Å². The summed E-state index contributed by atoms with van der Waals surface area (Å²) in [5.74, 6) is 1.42. The summed E-state index contributed by atoms with van der Waals surface area (Å²) in [5.41, 5.74) is 4.67. The monoisotopic (exact) mass is 516 g/mol. The van der Waals surface area contributed by atoms with E-state index in [9.17, 15) is 4.79 Å². The molecule has 0 saturated heterocycles. The number of carbonyl (C=O) groups excluding carboxylic acids is 1. The number of amides is 1. The smallest absolute Gasteiger partial charge is 0.271 e. The normalized spacial score (nSPS) is 10.8. The van der Waals surface area contributed by atoms with E-state index >= 15 is 0 Å². The summed E-state index contributed by atoms with van der Waals surface area (Å²) in [6, 6.07) is 17.9. The van der Waals surface area contributed by atoms with E-state index in [-0.39, 0.29) is 5.91 Å². The fraction of sp³-hybridized carbons (Fsp3) is 0.167. The van der Waals surface area contributed by atoms with Gasteiger partial charge >= 0.3 is 0 Å². The van der Waals surface area contributed by atoms with Gasteiger partial charge in [-0.25, -0.2) is 5.43 Å². The zero-order valence-electron chi connectivity index (χ0n) is 17.6. The summed E-state index contributed by atoms with van der Waals surface area (Å²) in [5, 5.41) is 4.74. The van der Waals surface area contributed by atoms with E-state index in [4.69, 9.17) is 25.8 Å². The van der Waals surface area contributed by atoms with Gasteiger partial charge in [0.15, 0.2) is 11.5 Å². The molecular weight excluding hydrogens is 496 g/mol. The topological polar surface area (TPSA) is 69.2 Å². The maximum atomic E-state index is 12.3. The molecule has 0 spiro atoms. The van der Waals surface area contributed by atoms with Gasteiger partial charge in [-0.15, -0.1) is 0 Å². The van der Waals surface area contributed by atoms with Crippen LogP contribution in [0.25, 0.3) is 0 Å². The first-order valence-electron chi connectivity index (χ1n) is 9.81. The zero-order valence-corrected chi connectivity index (χ0v) is 19.9. The van der Waals surface area contributed by atoms with Crippen molar-refractivity contribution in [3.8, 4) is 17.2 Å². The summed E-state index contributed by atoms with van der Waals surface area (Å²) >= 11 is 9.46. The molecule has 0 aromatic heterocycles. The van der Waals surface area contributed by atoms with Crippen molar-refractivity contribution in [2.75, 3.05) is 13.7 Å². The molecule has 0 aliphatic carbocycles. The van der Waals surface area contributed by atoms with Crippen LogP contribution in [0.2, 0.25) is 5.02 Å². The van der Waals surface area contributed by atoms with Crippen LogP contribution in [0.1, 0.15) is 28.4 Å². The van der Waals surface area contributed by atoms with Gasteiger partial charge in [-0.05, 0) is 70.9 Å². The van der Waals surface area contributed by atoms with Crippen LogP contribution in [-0.2, 0) is 6.61 Å². The van der Waals surface area contributed by atoms with Crippen molar-refractivity contribution in [1.29, 1.82) is 0 Å². The van der Waals surface area contributed by atoms with Crippen LogP contribution in [0, 0.1) is 0 Å². The van der Waals surface area contributed by atoms with Crippen LogP contribution in [-0.4, -0.2) is 25.8 Å². The van der Waals surface area contributed by atoms with Crippen molar-refractivity contribution in [1.82, 2.24) is 5.43 Å². The third-order valence-corrected chi connectivity index (χ3v) is 5.31. The Kier molecular flexibility index (Phi) is 8.53. The molecule has 0 heterocycles. The fourth-order valence-corrected chi connectivity index (χ4v) is 3.31. The first kappa shape index (κ1) is 23.6. The predicted molar refractivity (Wildman–Crippen MR) is 129 cm³/mol. The number of nitrogens with one attached hydrogen (secondary N) is 1. The quantitative estimate of drug-likeness (QED) is 0.285. The van der Waals surface area contributed by atoms with Crippen molar-refractivity contribution in [3.63, 3.8) is 0 Å². The molecule has 3 aromatic carbocycles. The molecule has 3 rings (SSSR count). The Bertz CT molecular complexity index is 1100. The van der Waals surface area contributed by atoms with Crippen LogP contribution in [0.4, 0.5) is 0 Å². The maximum Gasteiger partial charge on any atom is 0.271 e. The minimum atomic E-state index is -0.343. The van der Waals surface area contributed by atoms with Crippen LogP contribution < -0.4 is 19.6 Å². The van der Waals surface area contributed by atoms with Crippen molar-refractivity contribution in [2.45, 2.75) is 13.5 Å². The highest BCUT2D eigenvalue weighted by Gasteiger charge is 2.11. The van der Waals surface area contributed by atoms with Gasteiger partial charge in [0.25, 0.3) is 5.91 Å². The molecule has 6 nitrogen and oxygen atoms in total. The standard InChI is InChI=1S/C24H22BrClN2O4/c1-3-31-22-12-18(14-27-28-24(29)17-5-4-6-20(11-17)30-2)21(25)13-23(22)32-15-16-7-9-19(26)10-8-16/h4-14H,3,15H2,1-2H3,(H,28,29)/b27-14-. The molecule has 3 aromatic rings. The second-order valence-corrected chi connectivity index (χ2v) is 7.89. The number of methoxy groups -OCH3 is 1. The summed E-state index contributed by atoms with van der Waals surface area (Å²) < 4.78 is 17.6. The minimum absolute atomic E-state index is 0.343. The van der Waals surface area contributed by atoms with Crippen molar-refractivity contribution >= 4 is 39.7 Å². The van der Waals surface area contributed by atoms with Crippen LogP contribution in [0.5, 0.6) is 17.2 Å². The lowest BCUT2D eigenvalue weighted by Crippen LogP contribution is -2.17. The average Bonchev–Trinajstić information content (AvgIpc) is 2.81. The largest absolute Gasteiger partial charge is 0.497 e. The summed E-state index contributed by atoms with van der Waals surface area (Å²) in [6.45, 7) is 2.74. The van der Waals surface area contributed by atoms with E-state index in [1.54, 1.807) is 37.4 Å². The molecule has 8 heteroatoms. The summed E-state index contributed by atoms with van der Waals surface area (Å²) in [4.78, 5) is 12.3. The maximum absolute atomic E-state index is 12.3. The highest BCUT2D eigenvalue weighted by Crippen LogP contribution is 2.34. The lowest BCUT2D eigenvalue weighted by molar-refractivity contribution is 0.0955. The van der Waals surface area contributed by atoms with Gasteiger partial charge in [0, 0.05) is 20.6 Å². The van der Waals surface area contributed by atoms with Gasteiger partial charge < -0.3 is 14.2 Å². The summed E-state index contributed by atoms with van der Waals surface area (Å²) in [6.07, 6.45) is 1.54. The van der Waals surface area contributed by atoms with Gasteiger partial charge in [0.1, 0.15) is 12.4 Å². The number of hydrogen-bond donors (Lipinski definition) is 1. The molecule has 0 bridgehead atoms. The first-order chi connectivity index (χ1) is 15.5. The Morgan fingerprint density at radius 1 is 1.09 bits per heavy atom. The SMILES string of the molecule is CCOc1cc(/C=N\NC(=O)c2cccc(OC)c2)c(Br)cc1OCc1ccc(Cl)cc1. The average molecular weight is 518 g/mol. The van der Waals surface area contributed by atoms with Crippen LogP contribution >= 0.6 is 27.5 Å². The molecule has 1 N–H and O–H groups in total. The second-order valence-electron chi connectivity index (χ2n) is 6.60. The van der Waals surface area contributed by atoms with Gasteiger partial charge in [-0.3, -0.25) is 4.79 Å². The molecule has 166 valence electrons. The molecule has 0 saturated carbocycles. The predicted octanol–water partition coefficient (Wildman–Crippen LogP) is 5.85. The van der Waals surface area contributed by atoms with Crippen molar-refractivity contribution in [2.24, 2.45) is 5.10 Å². The van der Waals surface area contributed by atoms with Crippen molar-refractivity contribution in [3.05, 3.63) is 86.8 Å². The third-order valence-electron chi connectivity index (χ3n) is 4.37. The van der Waals surface area contributed by atoms with E-state index in [2.05, 4.69) is 26.5 Å². The molecule has 32 heavy (non-hydrogen) atoms. The molecule has 0 fully saturated rings. The molecule has 0 radical (unpaired) electrons. The molecular formula is C24H22BrClN2O4. The Hall–Kier alpha value is -3.03. The fourth-order valence-electron chi connectivity index (χ4n) is 2.76. The van der Waals surface area contributed by atoms with E-state index in [1.165, 1.54) is 6.21 Å². The number of ether oxygens (including phenoxy) is 3. The first-order valence-corrected chi connectivity index (χ1v) is 11.0. The Morgan fingerprint density at radius 3 is 2.56 bits per heavy atom. The number of hydrazone groups is 1. The summed E-state index contributed by atoms with van der Waals surface area (Å²) in [7, 11) is 1.55.